The maximum atomic E-state index is 12.1. The van der Waals surface area contributed by atoms with Gasteiger partial charge in [0.1, 0.15) is 5.82 Å². The van der Waals surface area contributed by atoms with Crippen molar-refractivity contribution in [3.63, 3.8) is 0 Å². The zero-order valence-corrected chi connectivity index (χ0v) is 11.8. The average Bonchev–Trinajstić information content (AvgIpc) is 2.94. The topological polar surface area (TPSA) is 84.7 Å². The molecule has 0 saturated carbocycles. The van der Waals surface area contributed by atoms with Crippen LogP contribution in [0.1, 0.15) is 17.3 Å². The molecule has 0 fully saturated rings. The van der Waals surface area contributed by atoms with Crippen molar-refractivity contribution < 1.29 is 4.79 Å². The zero-order chi connectivity index (χ0) is 14.4. The predicted molar refractivity (Wildman–Crippen MR) is 75.8 cm³/mol. The van der Waals surface area contributed by atoms with E-state index in [0.29, 0.717) is 29.5 Å². The maximum Gasteiger partial charge on any atom is 0.253 e. The number of aromatic nitrogens is 4. The average molecular weight is 295 g/mol. The lowest BCUT2D eigenvalue weighted by Crippen LogP contribution is -2.27. The van der Waals surface area contributed by atoms with Gasteiger partial charge < -0.3 is 10.6 Å². The number of amides is 1. The molecule has 106 valence electrons. The summed E-state index contributed by atoms with van der Waals surface area (Å²) in [6.45, 7) is 3.67. The van der Waals surface area contributed by atoms with Crippen LogP contribution in [0.5, 0.6) is 0 Å². The first-order chi connectivity index (χ1) is 9.70. The molecule has 0 aliphatic carbocycles. The van der Waals surface area contributed by atoms with Crippen LogP contribution in [0.25, 0.3) is 0 Å². The minimum absolute atomic E-state index is 0.239. The SMILES string of the molecule is CCNc1cc(C(=O)NCCn2ccnn2)c(Cl)cn1. The summed E-state index contributed by atoms with van der Waals surface area (Å²) in [7, 11) is 0. The van der Waals surface area contributed by atoms with E-state index in [4.69, 9.17) is 11.6 Å². The molecule has 7 nitrogen and oxygen atoms in total. The van der Waals surface area contributed by atoms with E-state index in [1.54, 1.807) is 23.1 Å². The van der Waals surface area contributed by atoms with Crippen molar-refractivity contribution in [1.82, 2.24) is 25.3 Å². The lowest BCUT2D eigenvalue weighted by Gasteiger charge is -2.08. The first-order valence-corrected chi connectivity index (χ1v) is 6.60. The Labute approximate surface area is 121 Å². The molecule has 2 N–H and O–H groups in total. The van der Waals surface area contributed by atoms with Gasteiger partial charge in [0, 0.05) is 25.5 Å². The second-order valence-electron chi connectivity index (χ2n) is 4.00. The molecule has 2 rings (SSSR count). The molecule has 2 aromatic rings. The highest BCUT2D eigenvalue weighted by atomic mass is 35.5. The summed E-state index contributed by atoms with van der Waals surface area (Å²) in [4.78, 5) is 16.1. The molecule has 0 saturated heterocycles. The predicted octanol–water partition coefficient (Wildman–Crippen LogP) is 1.19. The Balaban J connectivity index is 1.95. The minimum atomic E-state index is -0.239. The number of pyridine rings is 1. The Morgan fingerprint density at radius 3 is 3.05 bits per heavy atom. The highest BCUT2D eigenvalue weighted by Crippen LogP contribution is 2.17. The first kappa shape index (κ1) is 14.3. The quantitative estimate of drug-likeness (QED) is 0.836. The van der Waals surface area contributed by atoms with Gasteiger partial charge in [-0.15, -0.1) is 5.10 Å². The van der Waals surface area contributed by atoms with E-state index in [1.807, 2.05) is 6.92 Å². The van der Waals surface area contributed by atoms with Gasteiger partial charge in [-0.05, 0) is 13.0 Å². The summed E-state index contributed by atoms with van der Waals surface area (Å²) in [5, 5.41) is 13.6. The van der Waals surface area contributed by atoms with Gasteiger partial charge >= 0.3 is 0 Å². The van der Waals surface area contributed by atoms with Crippen molar-refractivity contribution in [2.45, 2.75) is 13.5 Å². The first-order valence-electron chi connectivity index (χ1n) is 6.22. The standard InChI is InChI=1S/C12H15ClN6O/c1-2-14-11-7-9(10(13)8-16-11)12(20)15-3-5-19-6-4-17-18-19/h4,6-8H,2-3,5H2,1H3,(H,14,16)(H,15,20). The fourth-order valence-corrected chi connectivity index (χ4v) is 1.81. The van der Waals surface area contributed by atoms with Gasteiger partial charge in [0.15, 0.2) is 0 Å². The van der Waals surface area contributed by atoms with Crippen molar-refractivity contribution in [3.05, 3.63) is 35.2 Å². The lowest BCUT2D eigenvalue weighted by atomic mass is 10.2. The van der Waals surface area contributed by atoms with E-state index in [-0.39, 0.29) is 5.91 Å². The third-order valence-corrected chi connectivity index (χ3v) is 2.86. The third kappa shape index (κ3) is 3.67. The van der Waals surface area contributed by atoms with Crippen LogP contribution in [-0.2, 0) is 6.54 Å². The Kier molecular flexibility index (Phi) is 4.89. The normalized spacial score (nSPS) is 10.3. The molecule has 0 aliphatic heterocycles. The van der Waals surface area contributed by atoms with E-state index in [1.165, 1.54) is 6.20 Å². The van der Waals surface area contributed by atoms with E-state index >= 15 is 0 Å². The molecule has 0 aliphatic rings. The molecule has 0 spiro atoms. The van der Waals surface area contributed by atoms with Crippen LogP contribution >= 0.6 is 11.6 Å². The van der Waals surface area contributed by atoms with E-state index in [0.717, 1.165) is 6.54 Å². The fourth-order valence-electron chi connectivity index (χ4n) is 1.62. The molecular weight excluding hydrogens is 280 g/mol. The summed E-state index contributed by atoms with van der Waals surface area (Å²) in [6.07, 6.45) is 4.78. The number of anilines is 1. The number of rotatable bonds is 6. The van der Waals surface area contributed by atoms with Gasteiger partial charge in [-0.3, -0.25) is 9.48 Å². The molecule has 0 bridgehead atoms. The molecule has 20 heavy (non-hydrogen) atoms. The van der Waals surface area contributed by atoms with Crippen molar-refractivity contribution in [1.29, 1.82) is 0 Å². The smallest absolute Gasteiger partial charge is 0.253 e. The van der Waals surface area contributed by atoms with E-state index in [2.05, 4.69) is 25.9 Å². The molecule has 0 aromatic carbocycles. The largest absolute Gasteiger partial charge is 0.370 e. The molecular formula is C12H15ClN6O. The number of hydrogen-bond acceptors (Lipinski definition) is 5. The summed E-state index contributed by atoms with van der Waals surface area (Å²) >= 11 is 5.99. The maximum absolute atomic E-state index is 12.1. The summed E-state index contributed by atoms with van der Waals surface area (Å²) in [5.74, 6) is 0.384. The molecule has 2 heterocycles. The molecule has 2 aromatic heterocycles. The van der Waals surface area contributed by atoms with Crippen LogP contribution in [0.4, 0.5) is 5.82 Å². The van der Waals surface area contributed by atoms with Gasteiger partial charge in [0.25, 0.3) is 5.91 Å². The lowest BCUT2D eigenvalue weighted by molar-refractivity contribution is 0.0952. The Morgan fingerprint density at radius 1 is 1.50 bits per heavy atom. The second-order valence-corrected chi connectivity index (χ2v) is 4.41. The van der Waals surface area contributed by atoms with Crippen LogP contribution in [0.2, 0.25) is 5.02 Å². The summed E-state index contributed by atoms with van der Waals surface area (Å²) in [5.41, 5.74) is 0.399. The van der Waals surface area contributed by atoms with Crippen LogP contribution < -0.4 is 10.6 Å². The van der Waals surface area contributed by atoms with Gasteiger partial charge in [-0.25, -0.2) is 4.98 Å². The molecule has 8 heteroatoms. The third-order valence-electron chi connectivity index (χ3n) is 2.56. The molecule has 1 amide bonds. The molecule has 0 radical (unpaired) electrons. The van der Waals surface area contributed by atoms with Crippen LogP contribution in [0, 0.1) is 0 Å². The second kappa shape index (κ2) is 6.85. The summed E-state index contributed by atoms with van der Waals surface area (Å²) < 4.78 is 1.64. The van der Waals surface area contributed by atoms with Gasteiger partial charge in [0.05, 0.1) is 23.3 Å². The van der Waals surface area contributed by atoms with Crippen molar-refractivity contribution in [2.24, 2.45) is 0 Å². The van der Waals surface area contributed by atoms with Gasteiger partial charge in [-0.1, -0.05) is 16.8 Å². The Morgan fingerprint density at radius 2 is 2.35 bits per heavy atom. The summed E-state index contributed by atoms with van der Waals surface area (Å²) in [6, 6.07) is 1.64. The fraction of sp³-hybridized carbons (Fsp3) is 0.333. The van der Waals surface area contributed by atoms with E-state index in [9.17, 15) is 4.79 Å². The Bertz CT molecular complexity index is 571. The number of hydrogen-bond donors (Lipinski definition) is 2. The zero-order valence-electron chi connectivity index (χ0n) is 11.0. The molecule has 0 unspecified atom stereocenters. The van der Waals surface area contributed by atoms with Crippen LogP contribution in [0.15, 0.2) is 24.7 Å². The highest BCUT2D eigenvalue weighted by Gasteiger charge is 2.11. The van der Waals surface area contributed by atoms with Gasteiger partial charge in [-0.2, -0.15) is 0 Å². The Hall–Kier alpha value is -2.15. The highest BCUT2D eigenvalue weighted by molar-refractivity contribution is 6.33. The van der Waals surface area contributed by atoms with Crippen molar-refractivity contribution >= 4 is 23.3 Å². The number of nitrogens with zero attached hydrogens (tertiary/aromatic N) is 4. The monoisotopic (exact) mass is 294 g/mol. The van der Waals surface area contributed by atoms with E-state index < -0.39 is 0 Å². The molecule has 0 atom stereocenters. The van der Waals surface area contributed by atoms with Gasteiger partial charge in [0.2, 0.25) is 0 Å². The minimum Gasteiger partial charge on any atom is -0.370 e. The number of nitrogens with one attached hydrogen (secondary N) is 2. The van der Waals surface area contributed by atoms with Crippen molar-refractivity contribution in [3.8, 4) is 0 Å². The number of carbonyl (C=O) groups is 1. The number of halogens is 1. The van der Waals surface area contributed by atoms with Crippen molar-refractivity contribution in [2.75, 3.05) is 18.4 Å². The van der Waals surface area contributed by atoms with Crippen LogP contribution in [-0.4, -0.2) is 39.0 Å². The van der Waals surface area contributed by atoms with Crippen LogP contribution in [0.3, 0.4) is 0 Å². The number of carbonyl (C=O) groups excluding carboxylic acids is 1.